The molecule has 10 heteroatoms. The zero-order valence-electron chi connectivity index (χ0n) is 20.2. The number of aromatic amines is 1. The summed E-state index contributed by atoms with van der Waals surface area (Å²) in [6.45, 7) is 5.32. The van der Waals surface area contributed by atoms with E-state index in [1.54, 1.807) is 36.7 Å². The number of piperidine rings is 1. The molecule has 0 radical (unpaired) electrons. The highest BCUT2D eigenvalue weighted by molar-refractivity contribution is 7.92. The van der Waals surface area contributed by atoms with Crippen molar-refractivity contribution < 1.29 is 13.2 Å². The third kappa shape index (κ3) is 4.90. The number of hydrogen-bond donors (Lipinski definition) is 3. The molecule has 1 fully saturated rings. The van der Waals surface area contributed by atoms with Gasteiger partial charge in [0.05, 0.1) is 10.3 Å². The van der Waals surface area contributed by atoms with E-state index < -0.39 is 10.0 Å². The number of benzene rings is 2. The van der Waals surface area contributed by atoms with Crippen molar-refractivity contribution in [1.29, 1.82) is 0 Å². The van der Waals surface area contributed by atoms with Gasteiger partial charge in [-0.2, -0.15) is 0 Å². The molecule has 0 spiro atoms. The van der Waals surface area contributed by atoms with Crippen molar-refractivity contribution in [2.45, 2.75) is 31.6 Å². The predicted octanol–water partition coefficient (Wildman–Crippen LogP) is 4.23. The molecule has 9 nitrogen and oxygen atoms in total. The standard InChI is InChI=1S/C26H28N6O3S/c1-17-5-3-7-21(13-17)31-36(34,35)22-8-4-6-20(14-22)30-26(33)19-9-11-32(12-10-19)25-23-18(2)15-27-24(23)28-16-29-25/h3-8,13-16,19,31H,9-12H2,1-2H3,(H,30,33)(H,27,28,29). The molecule has 3 N–H and O–H groups in total. The minimum atomic E-state index is -3.79. The first kappa shape index (κ1) is 23.8. The molecule has 1 amide bonds. The molecule has 1 aliphatic rings. The fourth-order valence-corrected chi connectivity index (χ4v) is 5.69. The van der Waals surface area contributed by atoms with Crippen molar-refractivity contribution in [3.05, 3.63) is 72.2 Å². The van der Waals surface area contributed by atoms with E-state index in [0.717, 1.165) is 28.0 Å². The van der Waals surface area contributed by atoms with Crippen molar-refractivity contribution in [3.8, 4) is 0 Å². The smallest absolute Gasteiger partial charge is 0.261 e. The Bertz CT molecular complexity index is 1520. The Morgan fingerprint density at radius 2 is 1.78 bits per heavy atom. The summed E-state index contributed by atoms with van der Waals surface area (Å²) < 4.78 is 28.4. The lowest BCUT2D eigenvalue weighted by atomic mass is 9.95. The second-order valence-electron chi connectivity index (χ2n) is 9.15. The van der Waals surface area contributed by atoms with Crippen molar-refractivity contribution in [3.63, 3.8) is 0 Å². The fraction of sp³-hybridized carbons (Fsp3) is 0.269. The highest BCUT2D eigenvalue weighted by Gasteiger charge is 2.27. The molecule has 3 heterocycles. The van der Waals surface area contributed by atoms with Crippen LogP contribution in [0.15, 0.2) is 66.0 Å². The number of carbonyl (C=O) groups is 1. The van der Waals surface area contributed by atoms with Gasteiger partial charge < -0.3 is 15.2 Å². The normalized spacial score (nSPS) is 14.7. The second kappa shape index (κ2) is 9.62. The molecule has 0 saturated carbocycles. The monoisotopic (exact) mass is 504 g/mol. The molecule has 0 bridgehead atoms. The van der Waals surface area contributed by atoms with Crippen molar-refractivity contribution >= 4 is 44.2 Å². The van der Waals surface area contributed by atoms with Gasteiger partial charge in [0.2, 0.25) is 5.91 Å². The Morgan fingerprint density at radius 3 is 2.56 bits per heavy atom. The third-order valence-electron chi connectivity index (χ3n) is 6.49. The van der Waals surface area contributed by atoms with E-state index in [-0.39, 0.29) is 16.7 Å². The van der Waals surface area contributed by atoms with Crippen LogP contribution in [-0.4, -0.2) is 42.4 Å². The van der Waals surface area contributed by atoms with E-state index in [4.69, 9.17) is 0 Å². The summed E-state index contributed by atoms with van der Waals surface area (Å²) in [5, 5.41) is 3.92. The summed E-state index contributed by atoms with van der Waals surface area (Å²) in [7, 11) is -3.79. The Hall–Kier alpha value is -3.92. The van der Waals surface area contributed by atoms with E-state index in [0.29, 0.717) is 37.3 Å². The van der Waals surface area contributed by atoms with Crippen LogP contribution < -0.4 is 14.9 Å². The SMILES string of the molecule is Cc1cccc(NS(=O)(=O)c2cccc(NC(=O)C3CCN(c4ncnc5[nH]cc(C)c45)CC3)c2)c1. The maximum atomic E-state index is 13.0. The number of sulfonamides is 1. The lowest BCUT2D eigenvalue weighted by molar-refractivity contribution is -0.120. The lowest BCUT2D eigenvalue weighted by Crippen LogP contribution is -2.38. The Balaban J connectivity index is 1.24. The first-order chi connectivity index (χ1) is 17.3. The molecule has 2 aromatic carbocycles. The van der Waals surface area contributed by atoms with Crippen LogP contribution >= 0.6 is 0 Å². The molecular formula is C26H28N6O3S. The minimum Gasteiger partial charge on any atom is -0.356 e. The number of carbonyl (C=O) groups excluding carboxylic acids is 1. The van der Waals surface area contributed by atoms with E-state index >= 15 is 0 Å². The van der Waals surface area contributed by atoms with Crippen molar-refractivity contribution in [2.75, 3.05) is 28.0 Å². The molecule has 0 unspecified atom stereocenters. The number of H-pyrrole nitrogens is 1. The number of aromatic nitrogens is 3. The number of anilines is 3. The van der Waals surface area contributed by atoms with E-state index in [1.807, 2.05) is 26.1 Å². The number of nitrogens with zero attached hydrogens (tertiary/aromatic N) is 3. The summed E-state index contributed by atoms with van der Waals surface area (Å²) in [6.07, 6.45) is 4.83. The van der Waals surface area contributed by atoms with Gasteiger partial charge in [0.15, 0.2) is 0 Å². The van der Waals surface area contributed by atoms with Gasteiger partial charge in [0.1, 0.15) is 17.8 Å². The number of rotatable bonds is 6. The van der Waals surface area contributed by atoms with Gasteiger partial charge in [0.25, 0.3) is 10.0 Å². The molecule has 4 aromatic rings. The average Bonchev–Trinajstić information content (AvgIpc) is 3.25. The topological polar surface area (TPSA) is 120 Å². The van der Waals surface area contributed by atoms with Crippen LogP contribution in [0.4, 0.5) is 17.2 Å². The molecule has 0 aliphatic carbocycles. The molecular weight excluding hydrogens is 476 g/mol. The lowest BCUT2D eigenvalue weighted by Gasteiger charge is -2.32. The highest BCUT2D eigenvalue weighted by atomic mass is 32.2. The number of fused-ring (bicyclic) bond motifs is 1. The number of aryl methyl sites for hydroxylation is 2. The summed E-state index contributed by atoms with van der Waals surface area (Å²) in [5.74, 6) is 0.606. The van der Waals surface area contributed by atoms with Gasteiger partial charge in [-0.25, -0.2) is 18.4 Å². The van der Waals surface area contributed by atoms with E-state index in [2.05, 4.69) is 29.9 Å². The van der Waals surface area contributed by atoms with Crippen LogP contribution in [0.3, 0.4) is 0 Å². The number of hydrogen-bond acceptors (Lipinski definition) is 6. The van der Waals surface area contributed by atoms with Crippen LogP contribution in [0, 0.1) is 19.8 Å². The predicted molar refractivity (Wildman–Crippen MR) is 141 cm³/mol. The Morgan fingerprint density at radius 1 is 1.03 bits per heavy atom. The minimum absolute atomic E-state index is 0.0891. The average molecular weight is 505 g/mol. The van der Waals surface area contributed by atoms with Gasteiger partial charge in [-0.05, 0) is 68.1 Å². The van der Waals surface area contributed by atoms with Crippen molar-refractivity contribution in [1.82, 2.24) is 15.0 Å². The Labute approximate surface area is 210 Å². The van der Waals surface area contributed by atoms with Gasteiger partial charge >= 0.3 is 0 Å². The largest absolute Gasteiger partial charge is 0.356 e. The van der Waals surface area contributed by atoms with E-state index in [9.17, 15) is 13.2 Å². The number of amides is 1. The molecule has 1 aliphatic heterocycles. The van der Waals surface area contributed by atoms with Crippen LogP contribution in [0.25, 0.3) is 11.0 Å². The quantitative estimate of drug-likeness (QED) is 0.361. The fourth-order valence-electron chi connectivity index (χ4n) is 4.60. The van der Waals surface area contributed by atoms with Crippen LogP contribution in [0.1, 0.15) is 24.0 Å². The van der Waals surface area contributed by atoms with Gasteiger partial charge in [-0.1, -0.05) is 18.2 Å². The molecule has 36 heavy (non-hydrogen) atoms. The van der Waals surface area contributed by atoms with Crippen LogP contribution in [0.5, 0.6) is 0 Å². The van der Waals surface area contributed by atoms with Gasteiger partial charge in [-0.3, -0.25) is 9.52 Å². The zero-order valence-corrected chi connectivity index (χ0v) is 21.0. The van der Waals surface area contributed by atoms with Gasteiger partial charge in [0, 0.05) is 36.6 Å². The highest BCUT2D eigenvalue weighted by Crippen LogP contribution is 2.30. The summed E-state index contributed by atoms with van der Waals surface area (Å²) in [4.78, 5) is 27.2. The Kier molecular flexibility index (Phi) is 6.36. The maximum Gasteiger partial charge on any atom is 0.261 e. The summed E-state index contributed by atoms with van der Waals surface area (Å²) >= 11 is 0. The van der Waals surface area contributed by atoms with Crippen molar-refractivity contribution in [2.24, 2.45) is 5.92 Å². The zero-order chi connectivity index (χ0) is 25.3. The number of nitrogens with one attached hydrogen (secondary N) is 3. The third-order valence-corrected chi connectivity index (χ3v) is 7.87. The molecule has 2 aromatic heterocycles. The first-order valence-electron chi connectivity index (χ1n) is 11.8. The van der Waals surface area contributed by atoms with Crippen LogP contribution in [-0.2, 0) is 14.8 Å². The van der Waals surface area contributed by atoms with Crippen LogP contribution in [0.2, 0.25) is 0 Å². The molecule has 5 rings (SSSR count). The summed E-state index contributed by atoms with van der Waals surface area (Å²) in [5.41, 5.74) is 3.80. The van der Waals surface area contributed by atoms with E-state index in [1.165, 1.54) is 12.1 Å². The first-order valence-corrected chi connectivity index (χ1v) is 13.3. The molecule has 1 saturated heterocycles. The summed E-state index contributed by atoms with van der Waals surface area (Å²) in [6, 6.07) is 13.5. The molecule has 0 atom stereocenters. The maximum absolute atomic E-state index is 13.0. The molecule has 186 valence electrons. The van der Waals surface area contributed by atoms with Gasteiger partial charge in [-0.15, -0.1) is 0 Å². The second-order valence-corrected chi connectivity index (χ2v) is 10.8.